The van der Waals surface area contributed by atoms with Crippen LogP contribution >= 0.6 is 0 Å². The van der Waals surface area contributed by atoms with Crippen molar-refractivity contribution in [2.75, 3.05) is 5.32 Å². The SMILES string of the molecule is CCCCC(C)Nc1cccc(O)c1. The minimum atomic E-state index is 0.317. The van der Waals surface area contributed by atoms with E-state index >= 15 is 0 Å². The molecule has 0 heterocycles. The summed E-state index contributed by atoms with van der Waals surface area (Å²) in [4.78, 5) is 0. The van der Waals surface area contributed by atoms with Crippen LogP contribution in [0.5, 0.6) is 5.75 Å². The number of hydrogen-bond donors (Lipinski definition) is 2. The number of unbranched alkanes of at least 4 members (excludes halogenated alkanes) is 1. The summed E-state index contributed by atoms with van der Waals surface area (Å²) in [5.41, 5.74) is 0.994. The van der Waals surface area contributed by atoms with E-state index in [1.165, 1.54) is 19.3 Å². The van der Waals surface area contributed by atoms with Crippen LogP contribution < -0.4 is 5.32 Å². The summed E-state index contributed by atoms with van der Waals surface area (Å²) in [6.45, 7) is 4.36. The molecule has 0 amide bonds. The molecule has 0 fully saturated rings. The molecule has 0 aliphatic rings. The molecular weight excluding hydrogens is 174 g/mol. The van der Waals surface area contributed by atoms with Crippen LogP contribution in [0.3, 0.4) is 0 Å². The molecule has 1 aromatic carbocycles. The van der Waals surface area contributed by atoms with Gasteiger partial charge in [0.15, 0.2) is 0 Å². The molecule has 0 aliphatic heterocycles. The Hall–Kier alpha value is -1.18. The van der Waals surface area contributed by atoms with Gasteiger partial charge in [-0.2, -0.15) is 0 Å². The number of hydrogen-bond acceptors (Lipinski definition) is 2. The maximum atomic E-state index is 9.26. The maximum absolute atomic E-state index is 9.26. The summed E-state index contributed by atoms with van der Waals surface area (Å²) in [7, 11) is 0. The van der Waals surface area contributed by atoms with Crippen LogP contribution in [0.25, 0.3) is 0 Å². The van der Waals surface area contributed by atoms with Gasteiger partial charge in [0, 0.05) is 17.8 Å². The summed E-state index contributed by atoms with van der Waals surface area (Å²) in [6, 6.07) is 7.73. The third-order valence-corrected chi connectivity index (χ3v) is 2.25. The highest BCUT2D eigenvalue weighted by Gasteiger charge is 2.01. The Morgan fingerprint density at radius 1 is 1.43 bits per heavy atom. The van der Waals surface area contributed by atoms with E-state index in [9.17, 15) is 5.11 Å². The lowest BCUT2D eigenvalue weighted by Crippen LogP contribution is -2.14. The Kier molecular flexibility index (Phi) is 4.30. The van der Waals surface area contributed by atoms with E-state index in [1.54, 1.807) is 12.1 Å². The highest BCUT2D eigenvalue weighted by atomic mass is 16.3. The number of phenols is 1. The Morgan fingerprint density at radius 2 is 2.21 bits per heavy atom. The van der Waals surface area contributed by atoms with Gasteiger partial charge in [0.05, 0.1) is 0 Å². The van der Waals surface area contributed by atoms with Crippen molar-refractivity contribution >= 4 is 5.69 Å². The molecule has 2 nitrogen and oxygen atoms in total. The average molecular weight is 193 g/mol. The zero-order valence-electron chi connectivity index (χ0n) is 8.96. The minimum Gasteiger partial charge on any atom is -0.508 e. The molecule has 0 spiro atoms. The summed E-state index contributed by atoms with van der Waals surface area (Å²) in [5.74, 6) is 0.317. The van der Waals surface area contributed by atoms with Crippen molar-refractivity contribution in [3.8, 4) is 5.75 Å². The minimum absolute atomic E-state index is 0.317. The predicted molar refractivity (Wildman–Crippen MR) is 60.7 cm³/mol. The topological polar surface area (TPSA) is 32.3 Å². The highest BCUT2D eigenvalue weighted by molar-refractivity contribution is 5.48. The maximum Gasteiger partial charge on any atom is 0.117 e. The molecule has 0 radical (unpaired) electrons. The van der Waals surface area contributed by atoms with Crippen LogP contribution in [-0.2, 0) is 0 Å². The Balaban J connectivity index is 2.43. The van der Waals surface area contributed by atoms with Gasteiger partial charge in [-0.1, -0.05) is 25.8 Å². The van der Waals surface area contributed by atoms with Crippen molar-refractivity contribution in [3.05, 3.63) is 24.3 Å². The summed E-state index contributed by atoms with van der Waals surface area (Å²) >= 11 is 0. The monoisotopic (exact) mass is 193 g/mol. The Morgan fingerprint density at radius 3 is 2.86 bits per heavy atom. The third kappa shape index (κ3) is 3.69. The summed E-state index contributed by atoms with van der Waals surface area (Å²) < 4.78 is 0. The molecule has 2 N–H and O–H groups in total. The lowest BCUT2D eigenvalue weighted by molar-refractivity contribution is 0.475. The van der Waals surface area contributed by atoms with Crippen molar-refractivity contribution in [2.45, 2.75) is 39.2 Å². The average Bonchev–Trinajstić information content (AvgIpc) is 2.15. The van der Waals surface area contributed by atoms with Crippen LogP contribution in [0, 0.1) is 0 Å². The molecule has 78 valence electrons. The molecule has 14 heavy (non-hydrogen) atoms. The van der Waals surface area contributed by atoms with Crippen molar-refractivity contribution in [3.63, 3.8) is 0 Å². The van der Waals surface area contributed by atoms with E-state index in [1.807, 2.05) is 12.1 Å². The number of benzene rings is 1. The van der Waals surface area contributed by atoms with E-state index in [-0.39, 0.29) is 0 Å². The lowest BCUT2D eigenvalue weighted by Gasteiger charge is -2.14. The number of rotatable bonds is 5. The van der Waals surface area contributed by atoms with E-state index in [0.29, 0.717) is 11.8 Å². The van der Waals surface area contributed by atoms with E-state index in [0.717, 1.165) is 5.69 Å². The van der Waals surface area contributed by atoms with Crippen LogP contribution in [0.2, 0.25) is 0 Å². The summed E-state index contributed by atoms with van der Waals surface area (Å²) in [6.07, 6.45) is 3.64. The fourth-order valence-corrected chi connectivity index (χ4v) is 1.46. The van der Waals surface area contributed by atoms with Crippen molar-refractivity contribution in [1.82, 2.24) is 0 Å². The van der Waals surface area contributed by atoms with Crippen LogP contribution in [0.15, 0.2) is 24.3 Å². The predicted octanol–water partition coefficient (Wildman–Crippen LogP) is 3.38. The Labute approximate surface area is 86.0 Å². The second-order valence-corrected chi connectivity index (χ2v) is 3.74. The van der Waals surface area contributed by atoms with Gasteiger partial charge in [-0.05, 0) is 25.5 Å². The van der Waals surface area contributed by atoms with Gasteiger partial charge in [-0.3, -0.25) is 0 Å². The van der Waals surface area contributed by atoms with E-state index in [2.05, 4.69) is 19.2 Å². The fourth-order valence-electron chi connectivity index (χ4n) is 1.46. The van der Waals surface area contributed by atoms with Gasteiger partial charge in [0.1, 0.15) is 5.75 Å². The van der Waals surface area contributed by atoms with E-state index < -0.39 is 0 Å². The van der Waals surface area contributed by atoms with Gasteiger partial charge in [0.2, 0.25) is 0 Å². The van der Waals surface area contributed by atoms with Crippen molar-refractivity contribution in [2.24, 2.45) is 0 Å². The number of nitrogens with one attached hydrogen (secondary N) is 1. The molecule has 1 aromatic rings. The number of phenolic OH excluding ortho intramolecular Hbond substituents is 1. The van der Waals surface area contributed by atoms with Crippen LogP contribution in [0.4, 0.5) is 5.69 Å². The molecule has 0 saturated heterocycles. The van der Waals surface area contributed by atoms with Crippen molar-refractivity contribution < 1.29 is 5.11 Å². The molecule has 1 rings (SSSR count). The molecule has 0 bridgehead atoms. The molecular formula is C12H19NO. The quantitative estimate of drug-likeness (QED) is 0.751. The van der Waals surface area contributed by atoms with Crippen LogP contribution in [-0.4, -0.2) is 11.1 Å². The van der Waals surface area contributed by atoms with Gasteiger partial charge >= 0.3 is 0 Å². The number of aromatic hydroxyl groups is 1. The lowest BCUT2D eigenvalue weighted by atomic mass is 10.1. The smallest absolute Gasteiger partial charge is 0.117 e. The number of anilines is 1. The molecule has 0 saturated carbocycles. The van der Waals surface area contributed by atoms with Crippen molar-refractivity contribution in [1.29, 1.82) is 0 Å². The molecule has 0 aromatic heterocycles. The first-order valence-electron chi connectivity index (χ1n) is 5.28. The standard InChI is InChI=1S/C12H19NO/c1-3-4-6-10(2)13-11-7-5-8-12(14)9-11/h5,7-10,13-14H,3-4,6H2,1-2H3. The highest BCUT2D eigenvalue weighted by Crippen LogP contribution is 2.17. The first-order valence-corrected chi connectivity index (χ1v) is 5.28. The zero-order chi connectivity index (χ0) is 10.4. The molecule has 1 unspecified atom stereocenters. The van der Waals surface area contributed by atoms with E-state index in [4.69, 9.17) is 0 Å². The molecule has 1 atom stereocenters. The second kappa shape index (κ2) is 5.53. The normalized spacial score (nSPS) is 12.4. The third-order valence-electron chi connectivity index (χ3n) is 2.25. The second-order valence-electron chi connectivity index (χ2n) is 3.74. The first-order chi connectivity index (χ1) is 6.72. The zero-order valence-corrected chi connectivity index (χ0v) is 8.96. The van der Waals surface area contributed by atoms with Gasteiger partial charge in [-0.25, -0.2) is 0 Å². The molecule has 0 aliphatic carbocycles. The van der Waals surface area contributed by atoms with Crippen LogP contribution in [0.1, 0.15) is 33.1 Å². The van der Waals surface area contributed by atoms with Gasteiger partial charge in [0.25, 0.3) is 0 Å². The van der Waals surface area contributed by atoms with Gasteiger partial charge in [-0.15, -0.1) is 0 Å². The first kappa shape index (κ1) is 10.9. The fraction of sp³-hybridized carbons (Fsp3) is 0.500. The largest absolute Gasteiger partial charge is 0.508 e. The summed E-state index contributed by atoms with van der Waals surface area (Å²) in [5, 5.41) is 12.6. The van der Waals surface area contributed by atoms with Gasteiger partial charge < -0.3 is 10.4 Å². The molecule has 2 heteroatoms. The Bertz CT molecular complexity index is 273.